The summed E-state index contributed by atoms with van der Waals surface area (Å²) in [6.45, 7) is -0.236. The maximum absolute atomic E-state index is 11.8. The van der Waals surface area contributed by atoms with Crippen molar-refractivity contribution < 1.29 is 23.9 Å². The number of esters is 1. The highest BCUT2D eigenvalue weighted by Gasteiger charge is 2.29. The number of hydrogen-bond donors (Lipinski definition) is 0. The van der Waals surface area contributed by atoms with Gasteiger partial charge >= 0.3 is 12.1 Å². The summed E-state index contributed by atoms with van der Waals surface area (Å²) < 4.78 is 10.1. The van der Waals surface area contributed by atoms with Gasteiger partial charge in [0.1, 0.15) is 6.61 Å². The van der Waals surface area contributed by atoms with Crippen LogP contribution in [0.25, 0.3) is 0 Å². The van der Waals surface area contributed by atoms with Crippen LogP contribution >= 0.6 is 27.5 Å². The van der Waals surface area contributed by atoms with E-state index in [9.17, 15) is 14.4 Å². The smallest absolute Gasteiger partial charge is 0.416 e. The second kappa shape index (κ2) is 6.23. The van der Waals surface area contributed by atoms with Gasteiger partial charge in [-0.3, -0.25) is 4.79 Å². The monoisotopic (exact) mass is 361 g/mol. The lowest BCUT2D eigenvalue weighted by atomic mass is 10.2. The second-order valence-corrected chi connectivity index (χ2v) is 5.18. The molecular formula is C12H9BrClNO5. The number of cyclic esters (lactones) is 1. The lowest BCUT2D eigenvalue weighted by Crippen LogP contribution is -2.35. The van der Waals surface area contributed by atoms with E-state index in [1.807, 2.05) is 0 Å². The standard InChI is InChI=1S/C12H9BrClNO5/c13-7-1-2-9(14)8(5-7)11(17)20-6-10(16)15-3-4-19-12(15)18/h1-2,5H,3-4,6H2. The van der Waals surface area contributed by atoms with Gasteiger partial charge < -0.3 is 9.47 Å². The van der Waals surface area contributed by atoms with Crippen LogP contribution in [0.3, 0.4) is 0 Å². The zero-order valence-corrected chi connectivity index (χ0v) is 12.4. The van der Waals surface area contributed by atoms with Gasteiger partial charge in [-0.25, -0.2) is 14.5 Å². The Hall–Kier alpha value is -1.60. The van der Waals surface area contributed by atoms with Gasteiger partial charge in [-0.15, -0.1) is 0 Å². The molecule has 1 fully saturated rings. The van der Waals surface area contributed by atoms with Gasteiger partial charge in [0.15, 0.2) is 6.61 Å². The molecule has 2 amide bonds. The first-order valence-corrected chi connectivity index (χ1v) is 6.75. The quantitative estimate of drug-likeness (QED) is 0.771. The fourth-order valence-electron chi connectivity index (χ4n) is 1.56. The number of hydrogen-bond acceptors (Lipinski definition) is 5. The SMILES string of the molecule is O=C(OCC(=O)N1CCOC1=O)c1cc(Br)ccc1Cl. The lowest BCUT2D eigenvalue weighted by molar-refractivity contribution is -0.131. The average Bonchev–Trinajstić information content (AvgIpc) is 2.84. The molecule has 20 heavy (non-hydrogen) atoms. The van der Waals surface area contributed by atoms with Crippen molar-refractivity contribution in [3.8, 4) is 0 Å². The molecule has 0 spiro atoms. The van der Waals surface area contributed by atoms with Crippen molar-refractivity contribution in [2.45, 2.75) is 0 Å². The highest BCUT2D eigenvalue weighted by atomic mass is 79.9. The topological polar surface area (TPSA) is 72.9 Å². The predicted molar refractivity (Wildman–Crippen MR) is 72.5 cm³/mol. The molecule has 1 aliphatic rings. The molecule has 6 nitrogen and oxygen atoms in total. The summed E-state index contributed by atoms with van der Waals surface area (Å²) in [4.78, 5) is 35.5. The molecule has 0 bridgehead atoms. The van der Waals surface area contributed by atoms with E-state index >= 15 is 0 Å². The summed E-state index contributed by atoms with van der Waals surface area (Å²) in [5, 5.41) is 0.214. The molecule has 0 atom stereocenters. The third kappa shape index (κ3) is 3.29. The first kappa shape index (κ1) is 14.8. The molecule has 0 aromatic heterocycles. The van der Waals surface area contributed by atoms with Crippen LogP contribution in [-0.2, 0) is 14.3 Å². The molecule has 2 rings (SSSR count). The van der Waals surface area contributed by atoms with Gasteiger partial charge in [-0.2, -0.15) is 0 Å². The summed E-state index contributed by atoms with van der Waals surface area (Å²) >= 11 is 9.07. The number of halogens is 2. The molecule has 1 aromatic rings. The van der Waals surface area contributed by atoms with Crippen LogP contribution in [0.1, 0.15) is 10.4 Å². The third-order valence-corrected chi connectivity index (χ3v) is 3.36. The minimum atomic E-state index is -0.739. The number of amides is 2. The number of nitrogens with zero attached hydrogens (tertiary/aromatic N) is 1. The van der Waals surface area contributed by atoms with Crippen molar-refractivity contribution >= 4 is 45.5 Å². The molecule has 8 heteroatoms. The Balaban J connectivity index is 1.97. The van der Waals surface area contributed by atoms with E-state index < -0.39 is 24.6 Å². The van der Waals surface area contributed by atoms with Gasteiger partial charge in [-0.05, 0) is 18.2 Å². The summed E-state index contributed by atoms with van der Waals surface area (Å²) in [5.41, 5.74) is 0.137. The van der Waals surface area contributed by atoms with Crippen LogP contribution in [0.2, 0.25) is 5.02 Å². The molecule has 1 aliphatic heterocycles. The van der Waals surface area contributed by atoms with Crippen molar-refractivity contribution in [1.82, 2.24) is 4.90 Å². The normalized spacial score (nSPS) is 14.1. The molecule has 0 unspecified atom stereocenters. The Labute approximate surface area is 127 Å². The molecule has 0 aliphatic carbocycles. The Kier molecular flexibility index (Phi) is 4.61. The highest BCUT2D eigenvalue weighted by molar-refractivity contribution is 9.10. The third-order valence-electron chi connectivity index (χ3n) is 2.54. The van der Waals surface area contributed by atoms with E-state index in [1.165, 1.54) is 12.1 Å². The summed E-state index contributed by atoms with van der Waals surface area (Å²) in [6.07, 6.45) is -0.730. The van der Waals surface area contributed by atoms with Gasteiger partial charge in [0.2, 0.25) is 0 Å². The van der Waals surface area contributed by atoms with Crippen LogP contribution in [0, 0.1) is 0 Å². The molecule has 1 saturated heterocycles. The first-order chi connectivity index (χ1) is 9.49. The maximum atomic E-state index is 11.8. The van der Waals surface area contributed by atoms with Gasteiger partial charge in [-0.1, -0.05) is 27.5 Å². The number of ether oxygens (including phenoxy) is 2. The van der Waals surface area contributed by atoms with Crippen molar-refractivity contribution in [2.24, 2.45) is 0 Å². The molecule has 106 valence electrons. The van der Waals surface area contributed by atoms with Gasteiger partial charge in [0.05, 0.1) is 17.1 Å². The molecule has 0 radical (unpaired) electrons. The van der Waals surface area contributed by atoms with Crippen molar-refractivity contribution in [3.63, 3.8) is 0 Å². The molecule has 1 aromatic carbocycles. The van der Waals surface area contributed by atoms with Gasteiger partial charge in [0.25, 0.3) is 5.91 Å². The van der Waals surface area contributed by atoms with Crippen LogP contribution < -0.4 is 0 Å². The van der Waals surface area contributed by atoms with E-state index in [0.29, 0.717) is 4.47 Å². The van der Waals surface area contributed by atoms with E-state index in [-0.39, 0.29) is 23.7 Å². The van der Waals surface area contributed by atoms with Crippen LogP contribution in [0.5, 0.6) is 0 Å². The Morgan fingerprint density at radius 2 is 2.20 bits per heavy atom. The predicted octanol–water partition coefficient (Wildman–Crippen LogP) is 2.24. The van der Waals surface area contributed by atoms with Crippen LogP contribution in [0.15, 0.2) is 22.7 Å². The van der Waals surface area contributed by atoms with E-state index in [2.05, 4.69) is 20.7 Å². The number of imide groups is 1. The Bertz CT molecular complexity index is 577. The summed E-state index contributed by atoms with van der Waals surface area (Å²) in [6, 6.07) is 4.69. The average molecular weight is 363 g/mol. The van der Waals surface area contributed by atoms with E-state index in [1.54, 1.807) is 6.07 Å². The largest absolute Gasteiger partial charge is 0.452 e. The van der Waals surface area contributed by atoms with Crippen molar-refractivity contribution in [2.75, 3.05) is 19.8 Å². The fourth-order valence-corrected chi connectivity index (χ4v) is 2.11. The summed E-state index contributed by atoms with van der Waals surface area (Å²) in [7, 11) is 0. The lowest BCUT2D eigenvalue weighted by Gasteiger charge is -2.11. The Morgan fingerprint density at radius 3 is 2.85 bits per heavy atom. The van der Waals surface area contributed by atoms with Crippen molar-refractivity contribution in [3.05, 3.63) is 33.3 Å². The Morgan fingerprint density at radius 1 is 1.45 bits per heavy atom. The number of rotatable bonds is 3. The van der Waals surface area contributed by atoms with Crippen molar-refractivity contribution in [1.29, 1.82) is 0 Å². The molecule has 0 saturated carbocycles. The second-order valence-electron chi connectivity index (χ2n) is 3.86. The van der Waals surface area contributed by atoms with Gasteiger partial charge in [0, 0.05) is 4.47 Å². The molecule has 0 N–H and O–H groups in total. The molecular weight excluding hydrogens is 353 g/mol. The van der Waals surface area contributed by atoms with Crippen LogP contribution in [-0.4, -0.2) is 42.6 Å². The minimum absolute atomic E-state index is 0.137. The number of carbonyl (C=O) groups excluding carboxylic acids is 3. The minimum Gasteiger partial charge on any atom is -0.452 e. The number of carbonyl (C=O) groups is 3. The maximum Gasteiger partial charge on any atom is 0.416 e. The zero-order valence-electron chi connectivity index (χ0n) is 10.1. The highest BCUT2D eigenvalue weighted by Crippen LogP contribution is 2.21. The van der Waals surface area contributed by atoms with E-state index in [0.717, 1.165) is 4.90 Å². The molecule has 1 heterocycles. The van der Waals surface area contributed by atoms with Crippen LogP contribution in [0.4, 0.5) is 4.79 Å². The zero-order chi connectivity index (χ0) is 14.7. The summed E-state index contributed by atoms with van der Waals surface area (Å²) in [5.74, 6) is -1.37. The first-order valence-electron chi connectivity index (χ1n) is 5.58. The van der Waals surface area contributed by atoms with E-state index in [4.69, 9.17) is 16.3 Å². The number of benzene rings is 1. The fraction of sp³-hybridized carbons (Fsp3) is 0.250.